The van der Waals surface area contributed by atoms with Crippen molar-refractivity contribution < 1.29 is 9.32 Å². The van der Waals surface area contributed by atoms with Crippen molar-refractivity contribution >= 4 is 22.6 Å². The number of aromatic nitrogens is 2. The van der Waals surface area contributed by atoms with Crippen molar-refractivity contribution in [1.82, 2.24) is 10.1 Å². The van der Waals surface area contributed by atoms with E-state index in [1.807, 2.05) is 31.2 Å². The molecule has 0 spiro atoms. The molecule has 2 heterocycles. The van der Waals surface area contributed by atoms with Crippen LogP contribution in [0.25, 0.3) is 10.9 Å². The fraction of sp³-hybridized carbons (Fsp3) is 0.143. The van der Waals surface area contributed by atoms with Gasteiger partial charge < -0.3 is 14.8 Å². The van der Waals surface area contributed by atoms with Gasteiger partial charge in [-0.2, -0.15) is 0 Å². The van der Waals surface area contributed by atoms with Gasteiger partial charge >= 0.3 is 0 Å². The largest absolute Gasteiger partial charge is 0.360 e. The minimum atomic E-state index is -0.220. The Balaban J connectivity index is 1.95. The molecular weight excluding hydrogens is 242 g/mol. The number of rotatable bonds is 2. The summed E-state index contributed by atoms with van der Waals surface area (Å²) < 4.78 is 4.92. The Labute approximate surface area is 109 Å². The minimum Gasteiger partial charge on any atom is -0.360 e. The van der Waals surface area contributed by atoms with E-state index in [4.69, 9.17) is 4.52 Å². The maximum Gasteiger partial charge on any atom is 0.273 e. The van der Waals surface area contributed by atoms with Gasteiger partial charge in [0, 0.05) is 17.0 Å². The minimum absolute atomic E-state index is 0.220. The number of hydrogen-bond donors (Lipinski definition) is 2. The highest BCUT2D eigenvalue weighted by atomic mass is 16.5. The van der Waals surface area contributed by atoms with Gasteiger partial charge in [0.15, 0.2) is 5.82 Å². The van der Waals surface area contributed by atoms with Crippen LogP contribution in [0, 0.1) is 13.8 Å². The summed E-state index contributed by atoms with van der Waals surface area (Å²) in [7, 11) is 0. The number of nitrogens with one attached hydrogen (secondary N) is 2. The SMILES string of the molecule is Cc1cc(NC(=O)c2[nH]c3ccccc3c2C)no1. The zero-order chi connectivity index (χ0) is 13.4. The standard InChI is InChI=1S/C14H13N3O2/c1-8-7-12(17-19-8)16-14(18)13-9(2)10-5-3-4-6-11(10)15-13/h3-7,15H,1-2H3,(H,16,17,18). The Hall–Kier alpha value is -2.56. The molecule has 0 saturated carbocycles. The van der Waals surface area contributed by atoms with Crippen LogP contribution < -0.4 is 5.32 Å². The number of carbonyl (C=O) groups is 1. The van der Waals surface area contributed by atoms with Crippen molar-refractivity contribution in [1.29, 1.82) is 0 Å². The summed E-state index contributed by atoms with van der Waals surface area (Å²) in [5.41, 5.74) is 2.41. The highest BCUT2D eigenvalue weighted by Gasteiger charge is 2.15. The highest BCUT2D eigenvalue weighted by Crippen LogP contribution is 2.22. The van der Waals surface area contributed by atoms with Crippen LogP contribution in [0.15, 0.2) is 34.9 Å². The molecule has 5 nitrogen and oxygen atoms in total. The number of fused-ring (bicyclic) bond motifs is 1. The van der Waals surface area contributed by atoms with E-state index in [1.165, 1.54) is 0 Å². The van der Waals surface area contributed by atoms with Crippen LogP contribution in [0.3, 0.4) is 0 Å². The average molecular weight is 255 g/mol. The number of para-hydroxylation sites is 1. The van der Waals surface area contributed by atoms with Gasteiger partial charge in [0.25, 0.3) is 5.91 Å². The molecule has 0 unspecified atom stereocenters. The maximum absolute atomic E-state index is 12.2. The van der Waals surface area contributed by atoms with E-state index < -0.39 is 0 Å². The van der Waals surface area contributed by atoms with Crippen LogP contribution in [0.1, 0.15) is 21.8 Å². The van der Waals surface area contributed by atoms with Crippen molar-refractivity contribution in [3.05, 3.63) is 47.3 Å². The van der Waals surface area contributed by atoms with Gasteiger partial charge in [-0.25, -0.2) is 0 Å². The highest BCUT2D eigenvalue weighted by molar-refractivity contribution is 6.07. The topological polar surface area (TPSA) is 70.9 Å². The number of carbonyl (C=O) groups excluding carboxylic acids is 1. The first-order valence-corrected chi connectivity index (χ1v) is 5.97. The lowest BCUT2D eigenvalue weighted by Gasteiger charge is -1.99. The number of aryl methyl sites for hydroxylation is 2. The second kappa shape index (κ2) is 4.28. The van der Waals surface area contributed by atoms with E-state index >= 15 is 0 Å². The first kappa shape index (κ1) is 11.5. The van der Waals surface area contributed by atoms with Crippen LogP contribution in [0.5, 0.6) is 0 Å². The molecule has 5 heteroatoms. The number of H-pyrrole nitrogens is 1. The zero-order valence-electron chi connectivity index (χ0n) is 10.7. The van der Waals surface area contributed by atoms with Crippen molar-refractivity contribution in [3.8, 4) is 0 Å². The molecule has 0 aliphatic heterocycles. The predicted molar refractivity (Wildman–Crippen MR) is 72.2 cm³/mol. The number of anilines is 1. The molecule has 2 aromatic heterocycles. The number of benzene rings is 1. The van der Waals surface area contributed by atoms with Crippen molar-refractivity contribution in [2.24, 2.45) is 0 Å². The van der Waals surface area contributed by atoms with E-state index in [0.29, 0.717) is 17.3 Å². The van der Waals surface area contributed by atoms with Gasteiger partial charge in [-0.15, -0.1) is 0 Å². The van der Waals surface area contributed by atoms with E-state index in [2.05, 4.69) is 15.5 Å². The Bertz CT molecular complexity index is 755. The number of nitrogens with zero attached hydrogens (tertiary/aromatic N) is 1. The summed E-state index contributed by atoms with van der Waals surface area (Å²) in [6.45, 7) is 3.69. The third-order valence-corrected chi connectivity index (χ3v) is 3.06. The lowest BCUT2D eigenvalue weighted by atomic mass is 10.1. The van der Waals surface area contributed by atoms with Crippen LogP contribution in [-0.4, -0.2) is 16.0 Å². The molecule has 1 amide bonds. The molecule has 0 atom stereocenters. The van der Waals surface area contributed by atoms with Gasteiger partial charge in [0.1, 0.15) is 11.5 Å². The van der Waals surface area contributed by atoms with E-state index in [1.54, 1.807) is 13.0 Å². The van der Waals surface area contributed by atoms with Crippen molar-refractivity contribution in [3.63, 3.8) is 0 Å². The molecule has 0 saturated heterocycles. The quantitative estimate of drug-likeness (QED) is 0.739. The van der Waals surface area contributed by atoms with Gasteiger partial charge in [-0.3, -0.25) is 4.79 Å². The average Bonchev–Trinajstić information content (AvgIpc) is 2.94. The first-order chi connectivity index (χ1) is 9.15. The van der Waals surface area contributed by atoms with Crippen molar-refractivity contribution in [2.75, 3.05) is 5.32 Å². The van der Waals surface area contributed by atoms with Crippen LogP contribution in [0.2, 0.25) is 0 Å². The Morgan fingerprint density at radius 2 is 2.11 bits per heavy atom. The third-order valence-electron chi connectivity index (χ3n) is 3.06. The van der Waals surface area contributed by atoms with Crippen LogP contribution in [0.4, 0.5) is 5.82 Å². The molecule has 0 aliphatic carbocycles. The third kappa shape index (κ3) is 1.99. The second-order valence-corrected chi connectivity index (χ2v) is 4.45. The van der Waals surface area contributed by atoms with Crippen LogP contribution >= 0.6 is 0 Å². The van der Waals surface area contributed by atoms with E-state index in [9.17, 15) is 4.79 Å². The molecule has 1 aromatic carbocycles. The Morgan fingerprint density at radius 1 is 1.32 bits per heavy atom. The molecule has 2 N–H and O–H groups in total. The molecule has 3 aromatic rings. The molecule has 0 aliphatic rings. The zero-order valence-corrected chi connectivity index (χ0v) is 10.7. The summed E-state index contributed by atoms with van der Waals surface area (Å²) in [5, 5.41) is 7.50. The molecule has 0 fully saturated rings. The Morgan fingerprint density at radius 3 is 2.79 bits per heavy atom. The summed E-state index contributed by atoms with van der Waals surface area (Å²) in [4.78, 5) is 15.3. The molecular formula is C14H13N3O2. The van der Waals surface area contributed by atoms with E-state index in [0.717, 1.165) is 16.5 Å². The predicted octanol–water partition coefficient (Wildman–Crippen LogP) is 3.03. The number of aromatic amines is 1. The maximum atomic E-state index is 12.2. The first-order valence-electron chi connectivity index (χ1n) is 5.97. The normalized spacial score (nSPS) is 10.8. The molecule has 3 rings (SSSR count). The fourth-order valence-corrected chi connectivity index (χ4v) is 2.11. The fourth-order valence-electron chi connectivity index (χ4n) is 2.11. The number of amides is 1. The molecule has 96 valence electrons. The second-order valence-electron chi connectivity index (χ2n) is 4.45. The van der Waals surface area contributed by atoms with Crippen LogP contribution in [-0.2, 0) is 0 Å². The van der Waals surface area contributed by atoms with Gasteiger partial charge in [0.05, 0.1) is 0 Å². The summed E-state index contributed by atoms with van der Waals surface area (Å²) >= 11 is 0. The Kier molecular flexibility index (Phi) is 2.59. The summed E-state index contributed by atoms with van der Waals surface area (Å²) in [6, 6.07) is 9.49. The molecule has 0 radical (unpaired) electrons. The van der Waals surface area contributed by atoms with E-state index in [-0.39, 0.29) is 5.91 Å². The lowest BCUT2D eigenvalue weighted by molar-refractivity contribution is 0.102. The number of hydrogen-bond acceptors (Lipinski definition) is 3. The summed E-state index contributed by atoms with van der Waals surface area (Å²) in [5.74, 6) is 0.853. The smallest absolute Gasteiger partial charge is 0.273 e. The van der Waals surface area contributed by atoms with Gasteiger partial charge in [-0.05, 0) is 25.5 Å². The van der Waals surface area contributed by atoms with Gasteiger partial charge in [0.2, 0.25) is 0 Å². The monoisotopic (exact) mass is 255 g/mol. The van der Waals surface area contributed by atoms with Crippen molar-refractivity contribution in [2.45, 2.75) is 13.8 Å². The lowest BCUT2D eigenvalue weighted by Crippen LogP contribution is -2.13. The molecule has 19 heavy (non-hydrogen) atoms. The summed E-state index contributed by atoms with van der Waals surface area (Å²) in [6.07, 6.45) is 0. The van der Waals surface area contributed by atoms with Gasteiger partial charge in [-0.1, -0.05) is 23.4 Å². The molecule has 0 bridgehead atoms.